The van der Waals surface area contributed by atoms with Crippen LogP contribution in [0.15, 0.2) is 164 Å². The Hall–Kier alpha value is -5.92. The summed E-state index contributed by atoms with van der Waals surface area (Å²) in [6, 6.07) is 61.3. The summed E-state index contributed by atoms with van der Waals surface area (Å²) in [7, 11) is 0. The van der Waals surface area contributed by atoms with Gasteiger partial charge in [0.05, 0.1) is 11.0 Å². The predicted octanol–water partition coefficient (Wildman–Crippen LogP) is 14.7. The third kappa shape index (κ3) is 5.91. The lowest BCUT2D eigenvalue weighted by molar-refractivity contribution is 0.590. The van der Waals surface area contributed by atoms with Gasteiger partial charge < -0.3 is 4.57 Å². The number of hydrogen-bond donors (Lipinski definition) is 0. The van der Waals surface area contributed by atoms with Crippen LogP contribution in [0, 0.1) is 0 Å². The van der Waals surface area contributed by atoms with Gasteiger partial charge in [-0.2, -0.15) is 0 Å². The number of benzene rings is 8. The molecule has 0 bridgehead atoms. The van der Waals surface area contributed by atoms with Crippen LogP contribution < -0.4 is 0 Å². The Bertz CT molecular complexity index is 2830. The Morgan fingerprint density at radius 2 is 0.906 bits per heavy atom. The van der Waals surface area contributed by atoms with Crippen molar-refractivity contribution in [1.82, 2.24) is 4.57 Å². The number of aromatic nitrogens is 1. The van der Waals surface area contributed by atoms with E-state index in [1.165, 1.54) is 93.5 Å². The zero-order valence-corrected chi connectivity index (χ0v) is 31.5. The van der Waals surface area contributed by atoms with Crippen molar-refractivity contribution in [3.8, 4) is 39.1 Å². The quantitative estimate of drug-likeness (QED) is 0.174. The first-order valence-electron chi connectivity index (χ1n) is 18.8. The van der Waals surface area contributed by atoms with Gasteiger partial charge in [-0.1, -0.05) is 151 Å². The molecule has 1 heterocycles. The molecule has 0 spiro atoms. The van der Waals surface area contributed by atoms with Gasteiger partial charge in [0.1, 0.15) is 0 Å². The Morgan fingerprint density at radius 3 is 1.64 bits per heavy atom. The van der Waals surface area contributed by atoms with Gasteiger partial charge in [0.2, 0.25) is 0 Å². The number of para-hydroxylation sites is 1. The molecule has 0 aliphatic rings. The molecule has 1 heteroatoms. The van der Waals surface area contributed by atoms with Crippen LogP contribution in [0.3, 0.4) is 0 Å². The van der Waals surface area contributed by atoms with Gasteiger partial charge in [0.25, 0.3) is 0 Å². The van der Waals surface area contributed by atoms with E-state index in [0.717, 1.165) is 0 Å². The van der Waals surface area contributed by atoms with E-state index >= 15 is 0 Å². The summed E-state index contributed by atoms with van der Waals surface area (Å²) >= 11 is 0. The maximum atomic E-state index is 2.42. The summed E-state index contributed by atoms with van der Waals surface area (Å²) in [6.07, 6.45) is 0. The Balaban J connectivity index is 1.23. The molecule has 8 aromatic carbocycles. The molecule has 0 unspecified atom stereocenters. The second-order valence-corrected chi connectivity index (χ2v) is 16.7. The maximum Gasteiger partial charge on any atom is 0.0541 e. The van der Waals surface area contributed by atoms with E-state index in [1.807, 2.05) is 0 Å². The zero-order chi connectivity index (χ0) is 36.5. The molecule has 0 aliphatic heterocycles. The summed E-state index contributed by atoms with van der Waals surface area (Å²) in [5.41, 5.74) is 13.8. The van der Waals surface area contributed by atoms with Crippen molar-refractivity contribution in [2.45, 2.75) is 52.4 Å². The highest BCUT2D eigenvalue weighted by Gasteiger charge is 2.20. The average Bonchev–Trinajstić information content (AvgIpc) is 3.50. The van der Waals surface area contributed by atoms with Crippen molar-refractivity contribution in [2.75, 3.05) is 0 Å². The third-order valence-electron chi connectivity index (χ3n) is 11.1. The molecular formula is C52H45N. The second kappa shape index (κ2) is 12.3. The molecule has 0 saturated carbocycles. The summed E-state index contributed by atoms with van der Waals surface area (Å²) in [5, 5.41) is 7.57. The first-order valence-corrected chi connectivity index (χ1v) is 18.8. The maximum absolute atomic E-state index is 2.42. The lowest BCUT2D eigenvalue weighted by Gasteiger charge is -2.22. The van der Waals surface area contributed by atoms with E-state index in [0.29, 0.717) is 0 Å². The highest BCUT2D eigenvalue weighted by atomic mass is 15.0. The van der Waals surface area contributed by atoms with Gasteiger partial charge in [-0.15, -0.1) is 0 Å². The largest absolute Gasteiger partial charge is 0.309 e. The van der Waals surface area contributed by atoms with Gasteiger partial charge >= 0.3 is 0 Å². The minimum Gasteiger partial charge on any atom is -0.309 e. The molecule has 0 N–H and O–H groups in total. The summed E-state index contributed by atoms with van der Waals surface area (Å²) in [4.78, 5) is 0. The average molecular weight is 684 g/mol. The summed E-state index contributed by atoms with van der Waals surface area (Å²) in [6.45, 7) is 13.8. The van der Waals surface area contributed by atoms with E-state index in [4.69, 9.17) is 0 Å². The number of fused-ring (bicyclic) bond motifs is 5. The highest BCUT2D eigenvalue weighted by molar-refractivity contribution is 6.11. The molecular weight excluding hydrogens is 639 g/mol. The zero-order valence-electron chi connectivity index (χ0n) is 31.5. The van der Waals surface area contributed by atoms with Crippen LogP contribution in [-0.4, -0.2) is 4.57 Å². The SMILES string of the molecule is CC(C)(C)c1ccc(-n2c3ccccc3c3cc(-c4cc(-c5cc(-c6ccc7ccccc7c6)cc(C(C)(C)C)c5)cc5ccccc45)ccc32)cc1. The molecule has 53 heavy (non-hydrogen) atoms. The Kier molecular flexibility index (Phi) is 7.68. The van der Waals surface area contributed by atoms with E-state index in [-0.39, 0.29) is 10.8 Å². The Labute approximate surface area is 313 Å². The minimum absolute atomic E-state index is 0.00635. The smallest absolute Gasteiger partial charge is 0.0541 e. The molecule has 1 nitrogen and oxygen atoms in total. The highest BCUT2D eigenvalue weighted by Crippen LogP contribution is 2.41. The van der Waals surface area contributed by atoms with Crippen molar-refractivity contribution in [3.05, 3.63) is 175 Å². The van der Waals surface area contributed by atoms with E-state index in [9.17, 15) is 0 Å². The van der Waals surface area contributed by atoms with Crippen LogP contribution in [-0.2, 0) is 10.8 Å². The van der Waals surface area contributed by atoms with Gasteiger partial charge in [-0.05, 0) is 131 Å². The second-order valence-electron chi connectivity index (χ2n) is 16.7. The fourth-order valence-electron chi connectivity index (χ4n) is 8.01. The molecule has 0 amide bonds. The topological polar surface area (TPSA) is 4.93 Å². The van der Waals surface area contributed by atoms with Crippen LogP contribution >= 0.6 is 0 Å². The van der Waals surface area contributed by atoms with Crippen LogP contribution in [0.25, 0.3) is 82.4 Å². The molecule has 9 rings (SSSR count). The standard InChI is InChI=1S/C52H45N/c1-51(2,3)42-22-24-44(25-23-42)53-49-18-12-11-17-46(49)48-32-38(21-26-50(48)53)47-33-41(28-37-15-9-10-16-45(37)47)40-29-39(30-43(31-40)52(4,5)6)36-20-19-34-13-7-8-14-35(34)27-36/h7-33H,1-6H3. The summed E-state index contributed by atoms with van der Waals surface area (Å²) in [5.74, 6) is 0. The van der Waals surface area contributed by atoms with E-state index in [1.54, 1.807) is 0 Å². The first kappa shape index (κ1) is 33.0. The van der Waals surface area contributed by atoms with Gasteiger partial charge in [0.15, 0.2) is 0 Å². The monoisotopic (exact) mass is 683 g/mol. The van der Waals surface area contributed by atoms with Crippen LogP contribution in [0.5, 0.6) is 0 Å². The fraction of sp³-hybridized carbons (Fsp3) is 0.154. The van der Waals surface area contributed by atoms with Crippen molar-refractivity contribution in [1.29, 1.82) is 0 Å². The molecule has 0 saturated heterocycles. The van der Waals surface area contributed by atoms with Crippen LogP contribution in [0.1, 0.15) is 52.7 Å². The lowest BCUT2D eigenvalue weighted by atomic mass is 9.82. The van der Waals surface area contributed by atoms with Crippen molar-refractivity contribution in [2.24, 2.45) is 0 Å². The van der Waals surface area contributed by atoms with Crippen LogP contribution in [0.4, 0.5) is 0 Å². The van der Waals surface area contributed by atoms with Crippen molar-refractivity contribution >= 4 is 43.4 Å². The molecule has 0 radical (unpaired) electrons. The molecule has 0 atom stereocenters. The molecule has 0 aliphatic carbocycles. The van der Waals surface area contributed by atoms with Gasteiger partial charge in [-0.25, -0.2) is 0 Å². The normalized spacial score (nSPS) is 12.3. The number of rotatable bonds is 4. The van der Waals surface area contributed by atoms with Gasteiger partial charge in [-0.3, -0.25) is 0 Å². The predicted molar refractivity (Wildman–Crippen MR) is 230 cm³/mol. The first-order chi connectivity index (χ1) is 25.5. The number of hydrogen-bond acceptors (Lipinski definition) is 0. The molecule has 258 valence electrons. The molecule has 9 aromatic rings. The van der Waals surface area contributed by atoms with E-state index in [2.05, 4.69) is 210 Å². The molecule has 1 aromatic heterocycles. The number of nitrogens with zero attached hydrogens (tertiary/aromatic N) is 1. The van der Waals surface area contributed by atoms with Crippen molar-refractivity contribution < 1.29 is 0 Å². The fourth-order valence-corrected chi connectivity index (χ4v) is 8.01. The van der Waals surface area contributed by atoms with Crippen LogP contribution in [0.2, 0.25) is 0 Å². The third-order valence-corrected chi connectivity index (χ3v) is 11.1. The molecule has 0 fully saturated rings. The van der Waals surface area contributed by atoms with Crippen molar-refractivity contribution in [3.63, 3.8) is 0 Å². The Morgan fingerprint density at radius 1 is 0.340 bits per heavy atom. The van der Waals surface area contributed by atoms with E-state index < -0.39 is 0 Å². The van der Waals surface area contributed by atoms with Gasteiger partial charge in [0, 0.05) is 16.5 Å². The summed E-state index contributed by atoms with van der Waals surface area (Å²) < 4.78 is 2.42. The minimum atomic E-state index is -0.00635. The lowest BCUT2D eigenvalue weighted by Crippen LogP contribution is -2.11.